The molecular weight excluding hydrogens is 503 g/mol. The van der Waals surface area contributed by atoms with Crippen LogP contribution in [0.15, 0.2) is 41.7 Å². The zero-order valence-corrected chi connectivity index (χ0v) is 20.1. The van der Waals surface area contributed by atoms with Gasteiger partial charge in [0.1, 0.15) is 40.8 Å². The molecule has 3 aromatic rings. The number of nitrogens with one attached hydrogen (secondary N) is 1. The van der Waals surface area contributed by atoms with Crippen LogP contribution in [0.25, 0.3) is 22.3 Å². The molecule has 1 aliphatic carbocycles. The molecule has 0 spiro atoms. The predicted molar refractivity (Wildman–Crippen MR) is 133 cm³/mol. The number of aromatic nitrogens is 2. The van der Waals surface area contributed by atoms with Crippen molar-refractivity contribution in [3.05, 3.63) is 58.9 Å². The number of rotatable bonds is 3. The second kappa shape index (κ2) is 8.33. The summed E-state index contributed by atoms with van der Waals surface area (Å²) in [6, 6.07) is 2.32. The molecule has 0 radical (unpaired) electrons. The van der Waals surface area contributed by atoms with Crippen molar-refractivity contribution >= 4 is 34.2 Å². The van der Waals surface area contributed by atoms with E-state index in [1.807, 2.05) is 0 Å². The summed E-state index contributed by atoms with van der Waals surface area (Å²) in [4.78, 5) is 46.5. The number of aromatic hydroxyl groups is 1. The van der Waals surface area contributed by atoms with Crippen molar-refractivity contribution in [2.75, 3.05) is 23.3 Å². The highest BCUT2D eigenvalue weighted by molar-refractivity contribution is 6.10. The Kier molecular flexibility index (Phi) is 5.27. The molecule has 12 heteroatoms. The maximum absolute atomic E-state index is 15.6. The van der Waals surface area contributed by atoms with Gasteiger partial charge in [-0.1, -0.05) is 12.6 Å². The van der Waals surface area contributed by atoms with Crippen molar-refractivity contribution in [1.82, 2.24) is 14.5 Å². The van der Waals surface area contributed by atoms with Crippen LogP contribution in [0, 0.1) is 11.6 Å². The summed E-state index contributed by atoms with van der Waals surface area (Å²) >= 11 is 0. The van der Waals surface area contributed by atoms with E-state index in [-0.39, 0.29) is 53.9 Å². The molecule has 1 saturated heterocycles. The van der Waals surface area contributed by atoms with E-state index >= 15 is 4.39 Å². The van der Waals surface area contributed by atoms with Crippen molar-refractivity contribution in [3.63, 3.8) is 0 Å². The van der Waals surface area contributed by atoms with Gasteiger partial charge in [0, 0.05) is 24.4 Å². The number of phenolic OH excluding ortho intramolecular Hbond substituents is 1. The number of piperazine rings is 1. The Labute approximate surface area is 213 Å². The Bertz CT molecular complexity index is 1600. The largest absolute Gasteiger partial charge is 0.507 e. The number of pyridine rings is 2. The van der Waals surface area contributed by atoms with Crippen molar-refractivity contribution in [2.45, 2.75) is 37.6 Å². The number of benzene rings is 1. The van der Waals surface area contributed by atoms with Crippen molar-refractivity contribution < 1.29 is 27.9 Å². The molecule has 2 aliphatic heterocycles. The van der Waals surface area contributed by atoms with Gasteiger partial charge in [-0.15, -0.1) is 0 Å². The van der Waals surface area contributed by atoms with Gasteiger partial charge in [0.15, 0.2) is 5.82 Å². The average molecular weight is 525 g/mol. The van der Waals surface area contributed by atoms with E-state index in [1.54, 1.807) is 11.8 Å². The number of carbonyl (C=O) groups excluding carboxylic acids is 2. The highest BCUT2D eigenvalue weighted by atomic mass is 19.1. The fraction of sp³-hybridized carbons (Fsp3) is 0.308. The molecule has 196 valence electrons. The number of amides is 2. The van der Waals surface area contributed by atoms with Gasteiger partial charge in [-0.3, -0.25) is 19.0 Å². The second-order valence-electron chi connectivity index (χ2n) is 9.74. The minimum absolute atomic E-state index is 0.00581. The number of nitrogens with zero attached hydrogens (tertiary/aromatic N) is 4. The van der Waals surface area contributed by atoms with Crippen LogP contribution in [0.4, 0.5) is 24.5 Å². The summed E-state index contributed by atoms with van der Waals surface area (Å²) < 4.78 is 45.6. The molecule has 3 aliphatic rings. The molecule has 4 heterocycles. The molecular formula is C26H22F3N5O4. The van der Waals surface area contributed by atoms with Gasteiger partial charge in [0.25, 0.3) is 5.56 Å². The molecule has 1 saturated carbocycles. The van der Waals surface area contributed by atoms with E-state index in [0.717, 1.165) is 22.8 Å². The van der Waals surface area contributed by atoms with Crippen LogP contribution in [0.3, 0.4) is 0 Å². The molecule has 9 nitrogen and oxygen atoms in total. The number of phenols is 1. The summed E-state index contributed by atoms with van der Waals surface area (Å²) in [6.45, 7) is 5.40. The lowest BCUT2D eigenvalue weighted by atomic mass is 9.99. The highest BCUT2D eigenvalue weighted by Gasteiger charge is 2.46. The standard InChI is InChI=1S/C26H22F3N5O4/c1-3-19(36)32-10-17-25(37)31-22-23(33(17)9-11(32)2)12-7-15(29)21(20-13(27)5-4-6-18(20)35)30-24(12)34(26(22)38)16-8-14(16)28/h3-7,11,14,16-17,35H,1,8-10H2,2H3,(H,31,37)/t11-,14+,16-,17-/m1/s1. The Morgan fingerprint density at radius 2 is 1.97 bits per heavy atom. The predicted octanol–water partition coefficient (Wildman–Crippen LogP) is 2.87. The number of carbonyl (C=O) groups is 2. The first kappa shape index (κ1) is 24.0. The van der Waals surface area contributed by atoms with Gasteiger partial charge in [0.2, 0.25) is 11.8 Å². The van der Waals surface area contributed by atoms with Gasteiger partial charge >= 0.3 is 0 Å². The fourth-order valence-corrected chi connectivity index (χ4v) is 5.43. The Morgan fingerprint density at radius 3 is 2.63 bits per heavy atom. The molecule has 1 aromatic carbocycles. The molecule has 2 fully saturated rings. The number of halogens is 3. The van der Waals surface area contributed by atoms with Crippen molar-refractivity contribution in [2.24, 2.45) is 0 Å². The molecule has 38 heavy (non-hydrogen) atoms. The van der Waals surface area contributed by atoms with Gasteiger partial charge in [-0.05, 0) is 31.2 Å². The molecule has 2 aromatic heterocycles. The van der Waals surface area contributed by atoms with E-state index in [0.29, 0.717) is 0 Å². The molecule has 2 amide bonds. The third-order valence-electron chi connectivity index (χ3n) is 7.38. The van der Waals surface area contributed by atoms with Crippen LogP contribution in [0.5, 0.6) is 5.75 Å². The van der Waals surface area contributed by atoms with Crippen LogP contribution < -0.4 is 15.8 Å². The van der Waals surface area contributed by atoms with Gasteiger partial charge in [-0.2, -0.15) is 0 Å². The van der Waals surface area contributed by atoms with E-state index in [9.17, 15) is 28.3 Å². The average Bonchev–Trinajstić information content (AvgIpc) is 3.59. The topological polar surface area (TPSA) is 108 Å². The van der Waals surface area contributed by atoms with Crippen molar-refractivity contribution in [1.29, 1.82) is 0 Å². The maximum Gasteiger partial charge on any atom is 0.278 e. The fourth-order valence-electron chi connectivity index (χ4n) is 5.43. The molecule has 0 unspecified atom stereocenters. The van der Waals surface area contributed by atoms with Crippen LogP contribution in [0.2, 0.25) is 0 Å². The zero-order chi connectivity index (χ0) is 27.0. The van der Waals surface area contributed by atoms with Gasteiger partial charge in [-0.25, -0.2) is 18.2 Å². The van der Waals surface area contributed by atoms with Crippen LogP contribution >= 0.6 is 0 Å². The van der Waals surface area contributed by atoms with Gasteiger partial charge in [0.05, 0.1) is 23.8 Å². The number of hydrogen-bond donors (Lipinski definition) is 2. The molecule has 2 N–H and O–H groups in total. The maximum atomic E-state index is 15.6. The van der Waals surface area contributed by atoms with E-state index in [4.69, 9.17) is 0 Å². The summed E-state index contributed by atoms with van der Waals surface area (Å²) in [7, 11) is 0. The van der Waals surface area contributed by atoms with E-state index in [2.05, 4.69) is 16.9 Å². The number of anilines is 2. The minimum atomic E-state index is -1.35. The van der Waals surface area contributed by atoms with Gasteiger partial charge < -0.3 is 20.2 Å². The molecule has 6 rings (SSSR count). The number of alkyl halides is 1. The lowest BCUT2D eigenvalue weighted by molar-refractivity contribution is -0.130. The summed E-state index contributed by atoms with van der Waals surface area (Å²) in [6.07, 6.45) is -0.188. The first-order chi connectivity index (χ1) is 18.1. The number of hydrogen-bond acceptors (Lipinski definition) is 6. The third kappa shape index (κ3) is 3.39. The first-order valence-electron chi connectivity index (χ1n) is 12.0. The Hall–Kier alpha value is -4.35. The first-order valence-corrected chi connectivity index (χ1v) is 12.0. The lowest BCUT2D eigenvalue weighted by Crippen LogP contribution is -2.64. The monoisotopic (exact) mass is 525 g/mol. The summed E-state index contributed by atoms with van der Waals surface area (Å²) in [5, 5.41) is 12.9. The zero-order valence-electron chi connectivity index (χ0n) is 20.1. The normalized spacial score (nSPS) is 24.1. The number of fused-ring (bicyclic) bond motifs is 5. The highest BCUT2D eigenvalue weighted by Crippen LogP contribution is 2.45. The second-order valence-corrected chi connectivity index (χ2v) is 9.74. The Balaban J connectivity index is 1.62. The molecule has 0 bridgehead atoms. The smallest absolute Gasteiger partial charge is 0.278 e. The summed E-state index contributed by atoms with van der Waals surface area (Å²) in [5.74, 6) is -3.37. The third-order valence-corrected chi connectivity index (χ3v) is 7.38. The van der Waals surface area contributed by atoms with E-state index < -0.39 is 58.4 Å². The Morgan fingerprint density at radius 1 is 1.24 bits per heavy atom. The SMILES string of the molecule is C=CC(=O)N1C[C@@H]2C(=O)Nc3c(c4cc(F)c(-c5c(O)cccc5F)nc4n([C@@H]4C[C@@H]4F)c3=O)N2C[C@H]1C. The van der Waals surface area contributed by atoms with Crippen LogP contribution in [0.1, 0.15) is 19.4 Å². The minimum Gasteiger partial charge on any atom is -0.507 e. The lowest BCUT2D eigenvalue weighted by Gasteiger charge is -2.48. The van der Waals surface area contributed by atoms with Crippen molar-refractivity contribution in [3.8, 4) is 17.0 Å². The van der Waals surface area contributed by atoms with Crippen LogP contribution in [-0.2, 0) is 9.59 Å². The quantitative estimate of drug-likeness (QED) is 0.510. The van der Waals surface area contributed by atoms with E-state index in [1.165, 1.54) is 17.0 Å². The van der Waals surface area contributed by atoms with Crippen LogP contribution in [-0.4, -0.2) is 62.7 Å². The summed E-state index contributed by atoms with van der Waals surface area (Å²) in [5.41, 5.74) is -1.82. The molecule has 4 atom stereocenters.